The summed E-state index contributed by atoms with van der Waals surface area (Å²) in [6.45, 7) is 0. The molecule has 54 heteroatoms. The summed E-state index contributed by atoms with van der Waals surface area (Å²) in [5.41, 5.74) is -7.54. The molecule has 628 valence electrons. The second-order valence-electron chi connectivity index (χ2n) is 18.6. The maximum atomic E-state index is 17.1. The fraction of sp³-hybridized carbons (Fsp3) is 0.0667. The van der Waals surface area contributed by atoms with Crippen molar-refractivity contribution in [3.63, 3.8) is 0 Å². The van der Waals surface area contributed by atoms with Crippen molar-refractivity contribution in [1.29, 1.82) is 0 Å². The van der Waals surface area contributed by atoms with Gasteiger partial charge in [0.05, 0.1) is 98.8 Å². The van der Waals surface area contributed by atoms with E-state index in [0.717, 1.165) is 0 Å². The number of pyridine rings is 12. The normalized spacial score (nSPS) is 9.23. The van der Waals surface area contributed by atoms with Crippen LogP contribution in [0.1, 0.15) is 68.3 Å². The van der Waals surface area contributed by atoms with Gasteiger partial charge in [-0.15, -0.1) is 0 Å². The summed E-state index contributed by atoms with van der Waals surface area (Å²) in [7, 11) is 0. The third kappa shape index (κ3) is 34.0. The quantitative estimate of drug-likeness (QED) is 0.0734. The van der Waals surface area contributed by atoms with Crippen molar-refractivity contribution in [2.75, 3.05) is 0 Å². The molecule has 12 rings (SSSR count). The summed E-state index contributed by atoms with van der Waals surface area (Å²) in [6.07, 6.45) is 12.1. The second-order valence-corrected chi connectivity index (χ2v) is 18.6. The van der Waals surface area contributed by atoms with Crippen LogP contribution in [0.25, 0.3) is 22.1 Å². The van der Waals surface area contributed by atoms with Gasteiger partial charge in [0.15, 0.2) is 11.3 Å². The number of aromatic nitrogens is 12. The van der Waals surface area contributed by atoms with Gasteiger partial charge in [-0.1, -0.05) is 48.5 Å². The predicted octanol–water partition coefficient (Wildman–Crippen LogP) is 3.07. The number of nitrogens with zero attached hydrogens (tertiary/aromatic N) is 18. The first-order chi connectivity index (χ1) is 47.6. The molecule has 0 aliphatic heterocycles. The largest absolute Gasteiger partial charge is 2.00 e. The molecular formula is C60H58Cu4F4N18O28. The van der Waals surface area contributed by atoms with Gasteiger partial charge in [-0.25, -0.2) is 37.5 Å². The molecule has 12 heterocycles. The van der Waals surface area contributed by atoms with Crippen LogP contribution in [-0.4, -0.2) is 145 Å². The Morgan fingerprint density at radius 3 is 0.421 bits per heavy atom. The SMILES string of the molecule is FC(c1ccccn1)(c1ccccn1)c1ccc2ccc(C(F)(c3ccccn3)c3ccccn3)nc2n1.FC(c1ccccn1)(c1ccccn1)c1ccc2ccc(C(F)(c3ccccn3)c3ccccn3)nc2n1.O.O.O.O.O.O.O.O.O=[N+]([O-])[O-].O=[N+]([O-])[O-].O=[N+]([O-])[O-].O=[N+]([O-])[O-].O=[N+]([O-])[O-].O=[N+]([O-])[O-].[Cu+2].[Cu+2].[Cu+2].[Cu+2].[OH-].[OH-]. The zero-order valence-electron chi connectivity index (χ0n) is 56.1. The summed E-state index contributed by atoms with van der Waals surface area (Å²) in [4.78, 5) is 102. The van der Waals surface area contributed by atoms with Gasteiger partial charge in [-0.2, -0.15) is 0 Å². The zero-order chi connectivity index (χ0) is 73.5. The molecule has 12 aromatic rings. The zero-order valence-corrected chi connectivity index (χ0v) is 59.9. The van der Waals surface area contributed by atoms with Crippen LogP contribution < -0.4 is 0 Å². The van der Waals surface area contributed by atoms with Crippen LogP contribution >= 0.6 is 0 Å². The van der Waals surface area contributed by atoms with Gasteiger partial charge in [-0.3, -0.25) is 39.9 Å². The minimum absolute atomic E-state index is 0. The van der Waals surface area contributed by atoms with Gasteiger partial charge in [-0.05, 0) is 146 Å². The Labute approximate surface area is 676 Å². The summed E-state index contributed by atoms with van der Waals surface area (Å²) < 4.78 is 68.3. The Morgan fingerprint density at radius 1 is 0.211 bits per heavy atom. The van der Waals surface area contributed by atoms with E-state index in [1.54, 1.807) is 194 Å². The van der Waals surface area contributed by atoms with E-state index < -0.39 is 53.2 Å². The molecule has 0 fully saturated rings. The number of hydrogen-bond donors (Lipinski definition) is 0. The van der Waals surface area contributed by atoms with Crippen LogP contribution in [-0.2, 0) is 90.9 Å². The molecule has 0 saturated heterocycles. The standard InChI is InChI=1S/2C30H20F2N6.4Cu.6NO3.10H2O/c2*31-29(22-9-1-5-17-33-22,23-10-2-6-18-34-23)26-15-13-21-14-16-27(38-28(21)37-26)30(32,24-11-3-7-19-35-24)25-12-4-8-20-36-25;;;;;6*2-1(3)4;;;;;;;;;;/h2*1-20H;;;;;;;;;;;10*1H2/q;;4*+2;6*-1;;;;;;;;;;/p-2. The molecule has 0 amide bonds. The third-order valence-electron chi connectivity index (χ3n) is 12.7. The predicted molar refractivity (Wildman–Crippen MR) is 372 cm³/mol. The first-order valence-electron chi connectivity index (χ1n) is 27.1. The summed E-state index contributed by atoms with van der Waals surface area (Å²) in [5, 5.41) is 89.7. The molecule has 0 aliphatic carbocycles. The molecule has 18 N–H and O–H groups in total. The van der Waals surface area contributed by atoms with Gasteiger partial charge in [0.2, 0.25) is 22.7 Å². The fourth-order valence-electron chi connectivity index (χ4n) is 8.87. The summed E-state index contributed by atoms with van der Waals surface area (Å²) in [5.74, 6) is 0. The summed E-state index contributed by atoms with van der Waals surface area (Å²) in [6, 6.07) is 53.1. The molecule has 0 bridgehead atoms. The van der Waals surface area contributed by atoms with Gasteiger partial charge < -0.3 is 147 Å². The topological polar surface area (TPSA) is 864 Å². The number of alkyl halides is 4. The maximum Gasteiger partial charge on any atom is 2.00 e. The van der Waals surface area contributed by atoms with Crippen molar-refractivity contribution in [3.8, 4) is 0 Å². The number of rotatable bonds is 12. The average molecular weight is 1810 g/mol. The van der Waals surface area contributed by atoms with E-state index in [1.165, 1.54) is 49.6 Å². The van der Waals surface area contributed by atoms with Crippen LogP contribution in [0, 0.1) is 91.9 Å². The van der Waals surface area contributed by atoms with Gasteiger partial charge in [0.25, 0.3) is 0 Å². The van der Waals surface area contributed by atoms with Crippen LogP contribution in [0.4, 0.5) is 17.6 Å². The first kappa shape index (κ1) is 122. The van der Waals surface area contributed by atoms with E-state index in [0.29, 0.717) is 10.8 Å². The fourth-order valence-corrected chi connectivity index (χ4v) is 8.87. The Morgan fingerprint density at radius 2 is 0.325 bits per heavy atom. The minimum atomic E-state index is -2.26. The van der Waals surface area contributed by atoms with Crippen molar-refractivity contribution in [3.05, 3.63) is 404 Å². The van der Waals surface area contributed by atoms with E-state index in [4.69, 9.17) is 91.9 Å². The van der Waals surface area contributed by atoms with E-state index in [9.17, 15) is 0 Å². The molecule has 46 nitrogen and oxygen atoms in total. The Bertz CT molecular complexity index is 3900. The summed E-state index contributed by atoms with van der Waals surface area (Å²) >= 11 is 0. The maximum absolute atomic E-state index is 17.1. The smallest absolute Gasteiger partial charge is 0.870 e. The Balaban J connectivity index is -0.000000168. The minimum Gasteiger partial charge on any atom is -0.870 e. The van der Waals surface area contributed by atoms with Crippen LogP contribution in [0.2, 0.25) is 0 Å². The number of hydrogen-bond acceptors (Lipinski definition) is 32. The van der Waals surface area contributed by atoms with E-state index in [2.05, 4.69) is 59.8 Å². The second kappa shape index (κ2) is 58.8. The van der Waals surface area contributed by atoms with Crippen LogP contribution in [0.3, 0.4) is 0 Å². The first-order valence-corrected chi connectivity index (χ1v) is 27.1. The molecule has 4 radical (unpaired) electrons. The van der Waals surface area contributed by atoms with Gasteiger partial charge in [0, 0.05) is 60.3 Å². The van der Waals surface area contributed by atoms with Gasteiger partial charge >= 0.3 is 68.3 Å². The third-order valence-corrected chi connectivity index (χ3v) is 12.7. The molecule has 0 unspecified atom stereocenters. The number of fused-ring (bicyclic) bond motifs is 2. The van der Waals surface area contributed by atoms with Crippen molar-refractivity contribution < 1.29 is 171 Å². The molecular weight excluding hydrogens is 1750 g/mol. The van der Waals surface area contributed by atoms with Crippen LogP contribution in [0.15, 0.2) is 244 Å². The average Bonchev–Trinajstić information content (AvgIpc) is 0.760. The molecule has 0 spiro atoms. The van der Waals surface area contributed by atoms with Crippen molar-refractivity contribution >= 4 is 22.1 Å². The molecule has 0 aliphatic rings. The molecule has 0 atom stereocenters. The van der Waals surface area contributed by atoms with E-state index in [-0.39, 0.29) is 203 Å². The number of halogens is 4. The molecule has 12 aromatic heterocycles. The van der Waals surface area contributed by atoms with E-state index in [1.807, 2.05) is 0 Å². The monoisotopic (exact) mass is 1810 g/mol. The molecule has 0 aromatic carbocycles. The molecule has 0 saturated carbocycles. The Hall–Kier alpha value is -13.1. The Kier molecular flexibility index (Phi) is 62.9. The van der Waals surface area contributed by atoms with Crippen LogP contribution in [0.5, 0.6) is 0 Å². The van der Waals surface area contributed by atoms with Crippen molar-refractivity contribution in [1.82, 2.24) is 59.8 Å². The van der Waals surface area contributed by atoms with Crippen molar-refractivity contribution in [2.24, 2.45) is 0 Å². The van der Waals surface area contributed by atoms with Gasteiger partial charge in [0.1, 0.15) is 0 Å². The van der Waals surface area contributed by atoms with E-state index >= 15 is 17.6 Å². The molecule has 114 heavy (non-hydrogen) atoms. The van der Waals surface area contributed by atoms with Crippen molar-refractivity contribution in [2.45, 2.75) is 22.7 Å².